The molecular formula is C21H34O2. The maximum atomic E-state index is 12.5. The molecule has 7 atom stereocenters. The third kappa shape index (κ3) is 2.20. The molecule has 0 saturated heterocycles. The SMILES string of the molecule is C.C[C@@H]1C=C2C[C@@H](O)CC[C@]2(C)C2CC[C@]3(C)C(=O)CCC3C21. The highest BCUT2D eigenvalue weighted by Gasteiger charge is 2.59. The summed E-state index contributed by atoms with van der Waals surface area (Å²) in [5.41, 5.74) is 1.77. The van der Waals surface area contributed by atoms with Gasteiger partial charge in [0.25, 0.3) is 0 Å². The summed E-state index contributed by atoms with van der Waals surface area (Å²) in [5, 5.41) is 10.1. The number of carbonyl (C=O) groups excluding carboxylic acids is 1. The topological polar surface area (TPSA) is 37.3 Å². The highest BCUT2D eigenvalue weighted by molar-refractivity contribution is 5.87. The first-order chi connectivity index (χ1) is 10.4. The van der Waals surface area contributed by atoms with Crippen LogP contribution in [-0.2, 0) is 4.79 Å². The Morgan fingerprint density at radius 1 is 1.09 bits per heavy atom. The molecule has 0 aromatic heterocycles. The minimum atomic E-state index is -0.134. The summed E-state index contributed by atoms with van der Waals surface area (Å²) >= 11 is 0. The van der Waals surface area contributed by atoms with Crippen molar-refractivity contribution < 1.29 is 9.90 Å². The molecule has 0 spiro atoms. The second-order valence-electron chi connectivity index (χ2n) is 9.07. The van der Waals surface area contributed by atoms with E-state index in [-0.39, 0.29) is 24.4 Å². The molecular weight excluding hydrogens is 284 g/mol. The van der Waals surface area contributed by atoms with E-state index in [1.165, 1.54) is 12.0 Å². The molecule has 0 heterocycles. The number of Topliss-reactive ketones (excluding diaryl/α,β-unsaturated/α-hetero) is 1. The van der Waals surface area contributed by atoms with E-state index in [1.54, 1.807) is 0 Å². The molecule has 1 N–H and O–H groups in total. The smallest absolute Gasteiger partial charge is 0.139 e. The van der Waals surface area contributed by atoms with Crippen molar-refractivity contribution in [2.24, 2.45) is 34.5 Å². The zero-order chi connectivity index (χ0) is 15.7. The van der Waals surface area contributed by atoms with Crippen molar-refractivity contribution in [2.75, 3.05) is 0 Å². The Morgan fingerprint density at radius 2 is 1.74 bits per heavy atom. The van der Waals surface area contributed by atoms with Crippen LogP contribution >= 0.6 is 0 Å². The zero-order valence-corrected chi connectivity index (χ0v) is 14.3. The van der Waals surface area contributed by atoms with Crippen LogP contribution in [0, 0.1) is 34.5 Å². The molecule has 0 bridgehead atoms. The quantitative estimate of drug-likeness (QED) is 0.654. The van der Waals surface area contributed by atoms with Crippen molar-refractivity contribution >= 4 is 5.78 Å². The molecule has 4 rings (SSSR count). The van der Waals surface area contributed by atoms with E-state index >= 15 is 0 Å². The molecule has 4 aliphatic rings. The molecule has 2 heteroatoms. The van der Waals surface area contributed by atoms with Crippen LogP contribution in [0.1, 0.15) is 73.1 Å². The predicted molar refractivity (Wildman–Crippen MR) is 94.0 cm³/mol. The fourth-order valence-electron chi connectivity index (χ4n) is 6.77. The van der Waals surface area contributed by atoms with E-state index in [1.807, 2.05) is 0 Å². The molecule has 0 amide bonds. The van der Waals surface area contributed by atoms with E-state index in [9.17, 15) is 9.90 Å². The number of rotatable bonds is 0. The highest BCUT2D eigenvalue weighted by atomic mass is 16.3. The summed E-state index contributed by atoms with van der Waals surface area (Å²) in [6, 6.07) is 0. The van der Waals surface area contributed by atoms with Crippen LogP contribution in [0.2, 0.25) is 0 Å². The Hall–Kier alpha value is -0.630. The van der Waals surface area contributed by atoms with Crippen LogP contribution in [0.5, 0.6) is 0 Å². The van der Waals surface area contributed by atoms with E-state index in [0.717, 1.165) is 44.4 Å². The van der Waals surface area contributed by atoms with Crippen molar-refractivity contribution in [3.63, 3.8) is 0 Å². The second kappa shape index (κ2) is 5.44. The first-order valence-electron chi connectivity index (χ1n) is 9.29. The molecule has 2 nitrogen and oxygen atoms in total. The zero-order valence-electron chi connectivity index (χ0n) is 14.3. The molecule has 0 aliphatic heterocycles. The highest BCUT2D eigenvalue weighted by Crippen LogP contribution is 2.65. The van der Waals surface area contributed by atoms with Gasteiger partial charge in [-0.1, -0.05) is 39.8 Å². The normalized spacial score (nSPS) is 51.9. The van der Waals surface area contributed by atoms with Crippen LogP contribution in [-0.4, -0.2) is 17.0 Å². The molecule has 3 saturated carbocycles. The maximum absolute atomic E-state index is 12.5. The van der Waals surface area contributed by atoms with Crippen molar-refractivity contribution in [2.45, 2.75) is 79.2 Å². The number of aliphatic hydroxyl groups is 1. The van der Waals surface area contributed by atoms with Gasteiger partial charge in [0.15, 0.2) is 0 Å². The van der Waals surface area contributed by atoms with Gasteiger partial charge < -0.3 is 5.11 Å². The van der Waals surface area contributed by atoms with Gasteiger partial charge >= 0.3 is 0 Å². The Bertz CT molecular complexity index is 536. The lowest BCUT2D eigenvalue weighted by Crippen LogP contribution is -2.52. The Balaban J connectivity index is 0.00000156. The van der Waals surface area contributed by atoms with Gasteiger partial charge in [0, 0.05) is 11.8 Å². The van der Waals surface area contributed by atoms with Crippen LogP contribution in [0.15, 0.2) is 11.6 Å². The van der Waals surface area contributed by atoms with Gasteiger partial charge in [-0.25, -0.2) is 0 Å². The molecule has 3 unspecified atom stereocenters. The number of carbonyl (C=O) groups is 1. The molecule has 130 valence electrons. The molecule has 4 aliphatic carbocycles. The standard InChI is InChI=1S/C20H30O2.CH4/c1-12-10-13-11-14(21)6-8-19(13,2)16-7-9-20(3)15(18(12)16)4-5-17(20)22;/h10,12,14-16,18,21H,4-9,11H2,1-3H3;1H4/t12-,14+,15?,16?,18?,19+,20+;/m1./s1. The average Bonchev–Trinajstić information content (AvgIpc) is 2.77. The molecule has 0 radical (unpaired) electrons. The lowest BCUT2D eigenvalue weighted by Gasteiger charge is -2.58. The summed E-state index contributed by atoms with van der Waals surface area (Å²) < 4.78 is 0. The van der Waals surface area contributed by atoms with E-state index in [4.69, 9.17) is 0 Å². The van der Waals surface area contributed by atoms with Gasteiger partial charge in [-0.2, -0.15) is 0 Å². The van der Waals surface area contributed by atoms with Crippen LogP contribution in [0.4, 0.5) is 0 Å². The minimum absolute atomic E-state index is 0. The van der Waals surface area contributed by atoms with E-state index < -0.39 is 0 Å². The number of hydrogen-bond donors (Lipinski definition) is 1. The van der Waals surface area contributed by atoms with Crippen LogP contribution in [0.3, 0.4) is 0 Å². The van der Waals surface area contributed by atoms with E-state index in [2.05, 4.69) is 26.8 Å². The average molecular weight is 319 g/mol. The van der Waals surface area contributed by atoms with Crippen molar-refractivity contribution in [3.05, 3.63) is 11.6 Å². The summed E-state index contributed by atoms with van der Waals surface area (Å²) in [7, 11) is 0. The number of aliphatic hydroxyl groups excluding tert-OH is 1. The lowest BCUT2D eigenvalue weighted by atomic mass is 9.46. The molecule has 3 fully saturated rings. The fourth-order valence-corrected chi connectivity index (χ4v) is 6.77. The number of fused-ring (bicyclic) bond motifs is 5. The largest absolute Gasteiger partial charge is 0.393 e. The molecule has 0 aromatic rings. The molecule has 23 heavy (non-hydrogen) atoms. The summed E-state index contributed by atoms with van der Waals surface area (Å²) in [6.45, 7) is 7.07. The van der Waals surface area contributed by atoms with Gasteiger partial charge in [-0.05, 0) is 67.6 Å². The summed E-state index contributed by atoms with van der Waals surface area (Å²) in [4.78, 5) is 12.5. The third-order valence-electron chi connectivity index (χ3n) is 8.12. The minimum Gasteiger partial charge on any atom is -0.393 e. The predicted octanol–water partition coefficient (Wildman–Crippen LogP) is 4.76. The monoisotopic (exact) mass is 318 g/mol. The second-order valence-corrected chi connectivity index (χ2v) is 9.07. The fraction of sp³-hybridized carbons (Fsp3) is 0.857. The first kappa shape index (κ1) is 17.2. The molecule has 0 aromatic carbocycles. The van der Waals surface area contributed by atoms with Gasteiger partial charge in [0.1, 0.15) is 5.78 Å². The van der Waals surface area contributed by atoms with E-state index in [0.29, 0.717) is 23.5 Å². The third-order valence-corrected chi connectivity index (χ3v) is 8.12. The summed E-state index contributed by atoms with van der Waals surface area (Å²) in [5.74, 6) is 3.08. The Morgan fingerprint density at radius 3 is 2.48 bits per heavy atom. The number of allylic oxidation sites excluding steroid dienone is 1. The van der Waals surface area contributed by atoms with Crippen LogP contribution in [0.25, 0.3) is 0 Å². The van der Waals surface area contributed by atoms with Crippen molar-refractivity contribution in [1.29, 1.82) is 0 Å². The van der Waals surface area contributed by atoms with Crippen LogP contribution < -0.4 is 0 Å². The Labute approximate surface area is 141 Å². The first-order valence-corrected chi connectivity index (χ1v) is 9.29. The van der Waals surface area contributed by atoms with Gasteiger partial charge in [0.2, 0.25) is 0 Å². The van der Waals surface area contributed by atoms with Gasteiger partial charge in [-0.15, -0.1) is 0 Å². The van der Waals surface area contributed by atoms with Gasteiger partial charge in [-0.3, -0.25) is 4.79 Å². The number of ketones is 1. The van der Waals surface area contributed by atoms with Gasteiger partial charge in [0.05, 0.1) is 6.10 Å². The maximum Gasteiger partial charge on any atom is 0.139 e. The lowest BCUT2D eigenvalue weighted by molar-refractivity contribution is -0.133. The van der Waals surface area contributed by atoms with Crippen molar-refractivity contribution in [1.82, 2.24) is 0 Å². The van der Waals surface area contributed by atoms with Crippen molar-refractivity contribution in [3.8, 4) is 0 Å². The number of hydrogen-bond acceptors (Lipinski definition) is 2. The summed E-state index contributed by atoms with van der Waals surface area (Å²) in [6.07, 6.45) is 9.53. The Kier molecular flexibility index (Phi) is 4.07.